The lowest BCUT2D eigenvalue weighted by Crippen LogP contribution is -2.47. The minimum absolute atomic E-state index is 0.143. The molecule has 1 unspecified atom stereocenters. The van der Waals surface area contributed by atoms with Crippen LogP contribution in [0.2, 0.25) is 0 Å². The van der Waals surface area contributed by atoms with Gasteiger partial charge in [0.15, 0.2) is 5.78 Å². The number of ether oxygens (including phenoxy) is 3. The Hall–Kier alpha value is -2.85. The van der Waals surface area contributed by atoms with Gasteiger partial charge in [-0.05, 0) is 75.2 Å². The first-order valence-electron chi connectivity index (χ1n) is 11.4. The van der Waals surface area contributed by atoms with E-state index in [-0.39, 0.29) is 24.7 Å². The summed E-state index contributed by atoms with van der Waals surface area (Å²) in [6.07, 6.45) is -1.36. The van der Waals surface area contributed by atoms with E-state index >= 15 is 0 Å². The summed E-state index contributed by atoms with van der Waals surface area (Å²) in [5.74, 6) is -0.296. The topological polar surface area (TPSA) is 144 Å². The number of hydrogen-bond donors (Lipinski definition) is 3. The van der Waals surface area contributed by atoms with Gasteiger partial charge in [-0.15, -0.1) is 0 Å². The lowest BCUT2D eigenvalue weighted by Gasteiger charge is -2.23. The van der Waals surface area contributed by atoms with Gasteiger partial charge in [0.2, 0.25) is 5.96 Å². The largest absolute Gasteiger partial charge is 0.444 e. The van der Waals surface area contributed by atoms with Crippen molar-refractivity contribution in [3.63, 3.8) is 0 Å². The van der Waals surface area contributed by atoms with Crippen molar-refractivity contribution in [2.24, 2.45) is 4.99 Å². The molecule has 0 saturated carbocycles. The number of rotatable bonds is 7. The normalized spacial score (nSPS) is 12.6. The summed E-state index contributed by atoms with van der Waals surface area (Å²) in [4.78, 5) is 52.8. The van der Waals surface area contributed by atoms with E-state index in [1.807, 2.05) is 0 Å². The van der Waals surface area contributed by atoms with Gasteiger partial charge in [-0.1, -0.05) is 6.92 Å². The molecule has 0 aromatic carbocycles. The molecule has 3 amide bonds. The zero-order valence-electron chi connectivity index (χ0n) is 22.2. The zero-order valence-corrected chi connectivity index (χ0v) is 22.2. The predicted octanol–water partition coefficient (Wildman–Crippen LogP) is 4.04. The van der Waals surface area contributed by atoms with E-state index in [4.69, 9.17) is 14.2 Å². The maximum atomic E-state index is 12.2. The molecular weight excluding hydrogens is 444 g/mol. The molecule has 3 N–H and O–H groups in total. The molecule has 0 aliphatic heterocycles. The number of alkyl carbamates (subject to hydrolysis) is 3. The Morgan fingerprint density at radius 2 is 1.15 bits per heavy atom. The summed E-state index contributed by atoms with van der Waals surface area (Å²) >= 11 is 0. The highest BCUT2D eigenvalue weighted by Gasteiger charge is 2.24. The second-order valence-corrected chi connectivity index (χ2v) is 10.6. The summed E-state index contributed by atoms with van der Waals surface area (Å²) in [5, 5.41) is 7.37. The lowest BCUT2D eigenvalue weighted by atomic mass is 10.1. The number of ketones is 1. The summed E-state index contributed by atoms with van der Waals surface area (Å²) in [6.45, 7) is 17.3. The van der Waals surface area contributed by atoms with E-state index in [0.717, 1.165) is 0 Å². The summed E-state index contributed by atoms with van der Waals surface area (Å²) < 4.78 is 15.6. The van der Waals surface area contributed by atoms with E-state index in [9.17, 15) is 19.2 Å². The molecule has 0 heterocycles. The van der Waals surface area contributed by atoms with Crippen molar-refractivity contribution >= 4 is 30.0 Å². The molecule has 0 aliphatic carbocycles. The third-order valence-corrected chi connectivity index (χ3v) is 3.59. The minimum Gasteiger partial charge on any atom is -0.444 e. The van der Waals surface area contributed by atoms with Crippen LogP contribution in [0.4, 0.5) is 14.4 Å². The van der Waals surface area contributed by atoms with Crippen molar-refractivity contribution in [1.82, 2.24) is 16.0 Å². The first-order chi connectivity index (χ1) is 15.3. The average Bonchev–Trinajstić information content (AvgIpc) is 2.58. The molecule has 0 spiro atoms. The SMILES string of the molecule is CCC(=O)C(CCCN=C(NC(=O)OC(C)(C)C)NC(=O)OC(C)(C)C)NC(=O)OC(C)(C)C. The molecular formula is C23H42N4O7. The van der Waals surface area contributed by atoms with Gasteiger partial charge >= 0.3 is 18.3 Å². The van der Waals surface area contributed by atoms with Gasteiger partial charge in [-0.3, -0.25) is 20.4 Å². The van der Waals surface area contributed by atoms with E-state index in [1.165, 1.54) is 0 Å². The highest BCUT2D eigenvalue weighted by Crippen LogP contribution is 2.10. The summed E-state index contributed by atoms with van der Waals surface area (Å²) in [5.41, 5.74) is -2.19. The van der Waals surface area contributed by atoms with Gasteiger partial charge in [-0.2, -0.15) is 0 Å². The number of amides is 3. The van der Waals surface area contributed by atoms with Gasteiger partial charge in [0.1, 0.15) is 16.8 Å². The first kappa shape index (κ1) is 31.1. The van der Waals surface area contributed by atoms with Gasteiger partial charge in [-0.25, -0.2) is 14.4 Å². The van der Waals surface area contributed by atoms with Crippen LogP contribution in [-0.2, 0) is 19.0 Å². The summed E-state index contributed by atoms with van der Waals surface area (Å²) in [6, 6.07) is -0.740. The van der Waals surface area contributed by atoms with Gasteiger partial charge in [0.25, 0.3) is 0 Å². The van der Waals surface area contributed by atoms with E-state index in [2.05, 4.69) is 20.9 Å². The molecule has 0 saturated heterocycles. The first-order valence-corrected chi connectivity index (χ1v) is 11.4. The number of hydrogen-bond acceptors (Lipinski definition) is 8. The third kappa shape index (κ3) is 16.7. The molecule has 0 rings (SSSR count). The number of guanidine groups is 1. The Kier molecular flexibility index (Phi) is 12.0. The fraction of sp³-hybridized carbons (Fsp3) is 0.783. The molecule has 0 radical (unpaired) electrons. The van der Waals surface area contributed by atoms with Crippen LogP contribution in [0, 0.1) is 0 Å². The number of carbonyl (C=O) groups excluding carboxylic acids is 4. The molecule has 0 aromatic heterocycles. The quantitative estimate of drug-likeness (QED) is 0.213. The Labute approximate surface area is 202 Å². The molecule has 11 nitrogen and oxygen atoms in total. The van der Waals surface area contributed by atoms with Gasteiger partial charge < -0.3 is 19.5 Å². The highest BCUT2D eigenvalue weighted by molar-refractivity contribution is 6.01. The van der Waals surface area contributed by atoms with Crippen LogP contribution in [0.3, 0.4) is 0 Å². The van der Waals surface area contributed by atoms with Crippen LogP contribution in [0.5, 0.6) is 0 Å². The minimum atomic E-state index is -0.798. The predicted molar refractivity (Wildman–Crippen MR) is 129 cm³/mol. The van der Waals surface area contributed by atoms with Gasteiger partial charge in [0.05, 0.1) is 6.04 Å². The van der Waals surface area contributed by atoms with Crippen molar-refractivity contribution in [2.45, 2.75) is 111 Å². The number of nitrogens with zero attached hydrogens (tertiary/aromatic N) is 1. The number of carbonyl (C=O) groups is 4. The van der Waals surface area contributed by atoms with E-state index in [1.54, 1.807) is 69.2 Å². The Morgan fingerprint density at radius 3 is 1.53 bits per heavy atom. The third-order valence-electron chi connectivity index (χ3n) is 3.59. The molecule has 1 atom stereocenters. The molecule has 0 fully saturated rings. The Balaban J connectivity index is 5.20. The number of nitrogens with one attached hydrogen (secondary N) is 3. The molecule has 0 bridgehead atoms. The van der Waals surface area contributed by atoms with Crippen molar-refractivity contribution in [3.05, 3.63) is 0 Å². The average molecular weight is 487 g/mol. The van der Waals surface area contributed by atoms with Crippen molar-refractivity contribution < 1.29 is 33.4 Å². The monoisotopic (exact) mass is 486 g/mol. The number of Topliss-reactive ketones (excluding diaryl/α,β-unsaturated/α-hetero) is 1. The fourth-order valence-electron chi connectivity index (χ4n) is 2.41. The van der Waals surface area contributed by atoms with E-state index < -0.39 is 41.1 Å². The maximum Gasteiger partial charge on any atom is 0.414 e. The smallest absolute Gasteiger partial charge is 0.414 e. The second-order valence-electron chi connectivity index (χ2n) is 10.6. The summed E-state index contributed by atoms with van der Waals surface area (Å²) in [7, 11) is 0. The van der Waals surface area contributed by atoms with Crippen LogP contribution >= 0.6 is 0 Å². The van der Waals surface area contributed by atoms with Crippen molar-refractivity contribution in [1.29, 1.82) is 0 Å². The molecule has 0 aromatic rings. The standard InChI is InChI=1S/C23H42N4O7/c1-11-16(28)15(25-18(29)32-21(2,3)4)13-12-14-24-17(26-19(30)33-22(5,6)7)27-20(31)34-23(8,9)10/h15H,11-14H2,1-10H3,(H,25,29)(H2,24,26,27,30,31). The number of aliphatic imine (C=N–C) groups is 1. The van der Waals surface area contributed by atoms with E-state index in [0.29, 0.717) is 12.8 Å². The van der Waals surface area contributed by atoms with Gasteiger partial charge in [0, 0.05) is 13.0 Å². The molecule has 0 aliphatic rings. The van der Waals surface area contributed by atoms with Crippen LogP contribution in [0.25, 0.3) is 0 Å². The molecule has 11 heteroatoms. The Morgan fingerprint density at radius 1 is 0.735 bits per heavy atom. The Bertz CT molecular complexity index is 712. The van der Waals surface area contributed by atoms with Crippen LogP contribution < -0.4 is 16.0 Å². The second kappa shape index (κ2) is 13.1. The van der Waals surface area contributed by atoms with Crippen LogP contribution in [-0.4, -0.2) is 59.4 Å². The molecule has 34 heavy (non-hydrogen) atoms. The fourth-order valence-corrected chi connectivity index (χ4v) is 2.41. The maximum absolute atomic E-state index is 12.2. The van der Waals surface area contributed by atoms with Crippen LogP contribution in [0.1, 0.15) is 88.5 Å². The molecule has 196 valence electrons. The van der Waals surface area contributed by atoms with Crippen molar-refractivity contribution in [2.75, 3.05) is 6.54 Å². The van der Waals surface area contributed by atoms with Crippen LogP contribution in [0.15, 0.2) is 4.99 Å². The zero-order chi connectivity index (χ0) is 26.7. The van der Waals surface area contributed by atoms with Crippen molar-refractivity contribution in [3.8, 4) is 0 Å². The lowest BCUT2D eigenvalue weighted by molar-refractivity contribution is -0.121. The highest BCUT2D eigenvalue weighted by atomic mass is 16.6.